The molecule has 2 aromatic carbocycles. The quantitative estimate of drug-likeness (QED) is 0.354. The van der Waals surface area contributed by atoms with Gasteiger partial charge in [0.2, 0.25) is 0 Å². The van der Waals surface area contributed by atoms with Crippen LogP contribution < -0.4 is 9.64 Å². The average molecular weight is 450 g/mol. The number of benzene rings is 2. The van der Waals surface area contributed by atoms with Gasteiger partial charge in [-0.1, -0.05) is 31.5 Å². The van der Waals surface area contributed by atoms with Gasteiger partial charge in [-0.05, 0) is 79.1 Å². The van der Waals surface area contributed by atoms with E-state index in [1.165, 1.54) is 25.6 Å². The molecule has 5 heteroatoms. The van der Waals surface area contributed by atoms with Crippen molar-refractivity contribution in [1.29, 1.82) is 0 Å². The number of hydrogen-bond acceptors (Lipinski definition) is 5. The number of hydrogen-bond donors (Lipinski definition) is 0. The zero-order valence-corrected chi connectivity index (χ0v) is 19.8. The predicted octanol–water partition coefficient (Wildman–Crippen LogP) is 5.87. The van der Waals surface area contributed by atoms with Gasteiger partial charge < -0.3 is 19.1 Å². The Kier molecular flexibility index (Phi) is 8.05. The molecule has 0 spiro atoms. The summed E-state index contributed by atoms with van der Waals surface area (Å²) in [5.41, 5.74) is 5.30. The maximum atomic E-state index is 12.4. The first-order valence-electron chi connectivity index (χ1n) is 12.2. The summed E-state index contributed by atoms with van der Waals surface area (Å²) in [4.78, 5) is 14.9. The molecule has 1 atom stereocenters. The maximum absolute atomic E-state index is 12.4. The van der Waals surface area contributed by atoms with Crippen molar-refractivity contribution in [3.05, 3.63) is 53.6 Å². The van der Waals surface area contributed by atoms with Crippen molar-refractivity contribution < 1.29 is 19.0 Å². The Morgan fingerprint density at radius 2 is 1.85 bits per heavy atom. The van der Waals surface area contributed by atoms with Gasteiger partial charge in [-0.3, -0.25) is 0 Å². The fourth-order valence-electron chi connectivity index (χ4n) is 4.75. The predicted molar refractivity (Wildman–Crippen MR) is 133 cm³/mol. The third-order valence-corrected chi connectivity index (χ3v) is 6.56. The van der Waals surface area contributed by atoms with Gasteiger partial charge in [0.05, 0.1) is 13.7 Å². The molecule has 2 aliphatic rings. The van der Waals surface area contributed by atoms with Gasteiger partial charge in [-0.15, -0.1) is 0 Å². The van der Waals surface area contributed by atoms with Crippen LogP contribution in [0.15, 0.2) is 48.0 Å². The summed E-state index contributed by atoms with van der Waals surface area (Å²) in [6, 6.07) is 15.2. The first-order chi connectivity index (χ1) is 16.2. The highest BCUT2D eigenvalue weighted by Gasteiger charge is 2.29. The van der Waals surface area contributed by atoms with Crippen molar-refractivity contribution in [3.8, 4) is 16.9 Å². The third kappa shape index (κ3) is 5.77. The summed E-state index contributed by atoms with van der Waals surface area (Å²) in [7, 11) is 1.46. The normalized spacial score (nSPS) is 19.0. The number of methoxy groups -OCH3 is 1. The Labute approximate surface area is 197 Å². The van der Waals surface area contributed by atoms with E-state index in [2.05, 4.69) is 42.2 Å². The number of rotatable bonds is 9. The number of fused-ring (bicyclic) bond motifs is 3. The van der Waals surface area contributed by atoms with Crippen LogP contribution in [0.2, 0.25) is 0 Å². The third-order valence-electron chi connectivity index (χ3n) is 6.56. The second kappa shape index (κ2) is 11.4. The highest BCUT2D eigenvalue weighted by atomic mass is 16.5. The molecule has 0 bridgehead atoms. The molecule has 0 amide bonds. The zero-order chi connectivity index (χ0) is 23.0. The Morgan fingerprint density at radius 3 is 2.64 bits per heavy atom. The number of carbonyl (C=O) groups excluding carboxylic acids is 1. The second-order valence-corrected chi connectivity index (χ2v) is 8.80. The van der Waals surface area contributed by atoms with Crippen molar-refractivity contribution in [3.63, 3.8) is 0 Å². The van der Waals surface area contributed by atoms with Crippen molar-refractivity contribution in [1.82, 2.24) is 0 Å². The van der Waals surface area contributed by atoms with Crippen LogP contribution in [0.4, 0.5) is 5.69 Å². The summed E-state index contributed by atoms with van der Waals surface area (Å²) in [6.07, 6.45) is 8.38. The van der Waals surface area contributed by atoms with E-state index in [-0.39, 0.29) is 5.97 Å². The second-order valence-electron chi connectivity index (χ2n) is 8.80. The highest BCUT2D eigenvalue weighted by molar-refractivity contribution is 5.95. The topological polar surface area (TPSA) is 48.0 Å². The van der Waals surface area contributed by atoms with Crippen LogP contribution in [-0.4, -0.2) is 45.5 Å². The molecular formula is C28H35NO4. The molecule has 0 aliphatic carbocycles. The van der Waals surface area contributed by atoms with Gasteiger partial charge >= 0.3 is 5.97 Å². The Balaban J connectivity index is 1.51. The van der Waals surface area contributed by atoms with Gasteiger partial charge in [-0.25, -0.2) is 4.79 Å². The van der Waals surface area contributed by atoms with Gasteiger partial charge in [-0.2, -0.15) is 0 Å². The Hall–Kier alpha value is -2.79. The number of carbonyl (C=O) groups is 1. The summed E-state index contributed by atoms with van der Waals surface area (Å²) < 4.78 is 16.4. The average Bonchev–Trinajstić information content (AvgIpc) is 3.30. The van der Waals surface area contributed by atoms with E-state index in [0.29, 0.717) is 19.3 Å². The van der Waals surface area contributed by atoms with E-state index in [4.69, 9.17) is 14.2 Å². The fourth-order valence-corrected chi connectivity index (χ4v) is 4.75. The van der Waals surface area contributed by atoms with E-state index in [9.17, 15) is 4.79 Å². The van der Waals surface area contributed by atoms with Crippen LogP contribution in [0.25, 0.3) is 17.2 Å². The zero-order valence-electron chi connectivity index (χ0n) is 19.8. The molecule has 4 rings (SSSR count). The van der Waals surface area contributed by atoms with E-state index < -0.39 is 0 Å². The highest BCUT2D eigenvalue weighted by Crippen LogP contribution is 2.37. The molecule has 1 saturated heterocycles. The van der Waals surface area contributed by atoms with E-state index >= 15 is 0 Å². The number of anilines is 1. The van der Waals surface area contributed by atoms with Crippen LogP contribution in [0.5, 0.6) is 5.75 Å². The Bertz CT molecular complexity index is 966. The van der Waals surface area contributed by atoms with Crippen molar-refractivity contribution in [2.24, 2.45) is 0 Å². The molecular weight excluding hydrogens is 414 g/mol. The summed E-state index contributed by atoms with van der Waals surface area (Å²) in [6.45, 7) is 5.19. The Morgan fingerprint density at radius 1 is 1.03 bits per heavy atom. The smallest absolute Gasteiger partial charge is 0.333 e. The lowest BCUT2D eigenvalue weighted by Gasteiger charge is -2.30. The largest absolute Gasteiger partial charge is 0.491 e. The van der Waals surface area contributed by atoms with Gasteiger partial charge in [0.25, 0.3) is 0 Å². The van der Waals surface area contributed by atoms with Crippen LogP contribution in [0.3, 0.4) is 0 Å². The molecule has 1 fully saturated rings. The summed E-state index contributed by atoms with van der Waals surface area (Å²) in [5.74, 6) is 0.620. The lowest BCUT2D eigenvalue weighted by atomic mass is 9.94. The molecule has 0 radical (unpaired) electrons. The number of nitrogens with zero attached hydrogens (tertiary/aromatic N) is 1. The lowest BCUT2D eigenvalue weighted by molar-refractivity contribution is -0.136. The number of esters is 1. The monoisotopic (exact) mass is 449 g/mol. The van der Waals surface area contributed by atoms with Gasteiger partial charge in [0, 0.05) is 30.5 Å². The number of unbranched alkanes of at least 4 members (excludes halogenated alkanes) is 1. The van der Waals surface area contributed by atoms with E-state index in [1.807, 2.05) is 18.2 Å². The molecule has 0 N–H and O–H groups in total. The molecule has 5 nitrogen and oxygen atoms in total. The van der Waals surface area contributed by atoms with Crippen molar-refractivity contribution >= 4 is 17.7 Å². The molecule has 0 aromatic heterocycles. The standard InChI is InChI=1S/C28H35NO4/c1-3-4-16-32-17-18-33-26-12-8-21(9-13-26)22-10-14-27-24(19-22)20-23(28(30)31-2)7-11-25-6-5-15-29(25)27/h8-10,12-14,19-20,25H,3-7,11,15-18H2,1-2H3/b23-20+. The molecule has 2 aromatic rings. The van der Waals surface area contributed by atoms with Gasteiger partial charge in [0.15, 0.2) is 0 Å². The summed E-state index contributed by atoms with van der Waals surface area (Å²) in [5, 5.41) is 0. The van der Waals surface area contributed by atoms with E-state index in [1.54, 1.807) is 0 Å². The molecule has 0 saturated carbocycles. The van der Waals surface area contributed by atoms with E-state index in [0.717, 1.165) is 66.8 Å². The number of ether oxygens (including phenoxy) is 3. The molecule has 1 unspecified atom stereocenters. The van der Waals surface area contributed by atoms with Crippen LogP contribution in [-0.2, 0) is 14.3 Å². The van der Waals surface area contributed by atoms with Crippen molar-refractivity contribution in [2.45, 2.75) is 51.5 Å². The first-order valence-corrected chi connectivity index (χ1v) is 12.2. The lowest BCUT2D eigenvalue weighted by Crippen LogP contribution is -2.31. The molecule has 2 heterocycles. The van der Waals surface area contributed by atoms with Crippen LogP contribution in [0, 0.1) is 0 Å². The fraction of sp³-hybridized carbons (Fsp3) is 0.464. The minimum atomic E-state index is -0.224. The minimum absolute atomic E-state index is 0.224. The molecule has 2 aliphatic heterocycles. The van der Waals surface area contributed by atoms with Crippen LogP contribution in [0.1, 0.15) is 51.0 Å². The van der Waals surface area contributed by atoms with Gasteiger partial charge in [0.1, 0.15) is 12.4 Å². The minimum Gasteiger partial charge on any atom is -0.491 e. The molecule has 176 valence electrons. The van der Waals surface area contributed by atoms with Crippen molar-refractivity contribution in [2.75, 3.05) is 38.4 Å². The maximum Gasteiger partial charge on any atom is 0.333 e. The first kappa shape index (κ1) is 23.4. The van der Waals surface area contributed by atoms with Crippen LogP contribution >= 0.6 is 0 Å². The summed E-state index contributed by atoms with van der Waals surface area (Å²) >= 11 is 0. The SMILES string of the molecule is CCCCOCCOc1ccc(-c2ccc3c(c2)/C=C(/C(=O)OC)CCC2CCCN32)cc1. The molecule has 33 heavy (non-hydrogen) atoms.